The third kappa shape index (κ3) is 4.70. The van der Waals surface area contributed by atoms with Crippen LogP contribution >= 0.6 is 0 Å². The van der Waals surface area contributed by atoms with E-state index in [1.807, 2.05) is 12.1 Å². The Bertz CT molecular complexity index is 1480. The molecule has 0 saturated heterocycles. The van der Waals surface area contributed by atoms with Gasteiger partial charge in [-0.3, -0.25) is 9.11 Å². The highest BCUT2D eigenvalue weighted by molar-refractivity contribution is 7.86. The van der Waals surface area contributed by atoms with Gasteiger partial charge in [0.25, 0.3) is 20.2 Å². The Labute approximate surface area is 192 Å². The van der Waals surface area contributed by atoms with Crippen molar-refractivity contribution in [2.24, 2.45) is 0 Å². The SMILES string of the molecule is COc1ccc(C=Cc2cccc(-c3cccc4c3CNC4)c2S(=O)(=O)O)c(S(=O)(=O)O)c1. The van der Waals surface area contributed by atoms with Crippen LogP contribution in [0, 0.1) is 0 Å². The average Bonchev–Trinajstić information content (AvgIpc) is 3.25. The number of rotatable bonds is 6. The van der Waals surface area contributed by atoms with E-state index in [0.29, 0.717) is 24.2 Å². The number of methoxy groups -OCH3 is 1. The van der Waals surface area contributed by atoms with Crippen molar-refractivity contribution < 1.29 is 30.7 Å². The summed E-state index contributed by atoms with van der Waals surface area (Å²) < 4.78 is 73.2. The summed E-state index contributed by atoms with van der Waals surface area (Å²) in [5, 5.41) is 3.23. The molecule has 1 heterocycles. The van der Waals surface area contributed by atoms with Crippen molar-refractivity contribution >= 4 is 32.4 Å². The third-order valence-corrected chi connectivity index (χ3v) is 7.31. The second-order valence-electron chi connectivity index (χ2n) is 7.46. The highest BCUT2D eigenvalue weighted by Crippen LogP contribution is 2.36. The van der Waals surface area contributed by atoms with Gasteiger partial charge in [-0.05, 0) is 39.9 Å². The average molecular weight is 488 g/mol. The van der Waals surface area contributed by atoms with E-state index in [4.69, 9.17) is 4.74 Å². The van der Waals surface area contributed by atoms with Crippen LogP contribution in [0.15, 0.2) is 64.4 Å². The third-order valence-electron chi connectivity index (χ3n) is 5.42. The first-order valence-corrected chi connectivity index (χ1v) is 12.7. The van der Waals surface area contributed by atoms with Gasteiger partial charge < -0.3 is 10.1 Å². The molecule has 0 saturated carbocycles. The molecule has 1 aliphatic heterocycles. The van der Waals surface area contributed by atoms with E-state index in [9.17, 15) is 25.9 Å². The van der Waals surface area contributed by atoms with Crippen LogP contribution in [0.5, 0.6) is 5.75 Å². The van der Waals surface area contributed by atoms with Gasteiger partial charge in [0.1, 0.15) is 15.5 Å². The predicted molar refractivity (Wildman–Crippen MR) is 124 cm³/mol. The number of hydrogen-bond donors (Lipinski definition) is 3. The number of ether oxygens (including phenoxy) is 1. The molecule has 3 aromatic rings. The molecule has 0 aliphatic carbocycles. The van der Waals surface area contributed by atoms with Gasteiger partial charge in [-0.2, -0.15) is 16.8 Å². The lowest BCUT2D eigenvalue weighted by atomic mass is 9.95. The molecule has 0 fully saturated rings. The molecule has 10 heteroatoms. The Hall–Kier alpha value is -3.02. The van der Waals surface area contributed by atoms with Gasteiger partial charge in [-0.1, -0.05) is 48.6 Å². The lowest BCUT2D eigenvalue weighted by Gasteiger charge is -2.14. The Balaban J connectivity index is 1.89. The number of nitrogens with one attached hydrogen (secondary N) is 1. The van der Waals surface area contributed by atoms with Crippen LogP contribution in [0.25, 0.3) is 23.3 Å². The van der Waals surface area contributed by atoms with Crippen molar-refractivity contribution in [3.8, 4) is 16.9 Å². The van der Waals surface area contributed by atoms with E-state index >= 15 is 0 Å². The summed E-state index contributed by atoms with van der Waals surface area (Å²) in [6.07, 6.45) is 2.73. The van der Waals surface area contributed by atoms with Gasteiger partial charge in [0, 0.05) is 24.7 Å². The summed E-state index contributed by atoms with van der Waals surface area (Å²) >= 11 is 0. The Morgan fingerprint density at radius 1 is 0.848 bits per heavy atom. The van der Waals surface area contributed by atoms with Crippen LogP contribution in [0.4, 0.5) is 0 Å². The largest absolute Gasteiger partial charge is 0.497 e. The molecule has 3 aromatic carbocycles. The molecule has 0 bridgehead atoms. The molecule has 0 atom stereocenters. The van der Waals surface area contributed by atoms with Crippen LogP contribution < -0.4 is 10.1 Å². The first-order chi connectivity index (χ1) is 15.6. The normalized spacial score (nSPS) is 13.9. The molecule has 172 valence electrons. The minimum absolute atomic E-state index is 0.120. The lowest BCUT2D eigenvalue weighted by Crippen LogP contribution is -2.05. The lowest BCUT2D eigenvalue weighted by molar-refractivity contribution is 0.412. The fraction of sp³-hybridized carbons (Fsp3) is 0.130. The maximum atomic E-state index is 12.4. The fourth-order valence-corrected chi connectivity index (χ4v) is 5.54. The number of hydrogen-bond acceptors (Lipinski definition) is 6. The smallest absolute Gasteiger partial charge is 0.295 e. The Morgan fingerprint density at radius 3 is 2.24 bits per heavy atom. The summed E-state index contributed by atoms with van der Waals surface area (Å²) in [6.45, 7) is 1.24. The van der Waals surface area contributed by atoms with Crippen molar-refractivity contribution in [3.05, 3.63) is 76.9 Å². The zero-order valence-corrected chi connectivity index (χ0v) is 19.2. The number of fused-ring (bicyclic) bond motifs is 1. The topological polar surface area (TPSA) is 130 Å². The Morgan fingerprint density at radius 2 is 1.55 bits per heavy atom. The molecule has 0 unspecified atom stereocenters. The van der Waals surface area contributed by atoms with E-state index in [1.54, 1.807) is 18.2 Å². The van der Waals surface area contributed by atoms with Crippen LogP contribution in [-0.4, -0.2) is 33.1 Å². The zero-order chi connectivity index (χ0) is 23.8. The van der Waals surface area contributed by atoms with Crippen LogP contribution in [0.2, 0.25) is 0 Å². The molecule has 1 aliphatic rings. The standard InChI is InChI=1S/C23H21NO7S2/c1-31-18-11-10-15(22(12-18)32(25,26)27)8-9-16-4-2-7-20(23(16)33(28,29)30)19-6-3-5-17-13-24-14-21(17)19/h2-12,24H,13-14H2,1H3,(H,25,26,27)(H,28,29,30). The molecule has 33 heavy (non-hydrogen) atoms. The maximum Gasteiger partial charge on any atom is 0.295 e. The van der Waals surface area contributed by atoms with Crippen molar-refractivity contribution in [1.82, 2.24) is 5.32 Å². The van der Waals surface area contributed by atoms with Gasteiger partial charge in [-0.15, -0.1) is 0 Å². The summed E-state index contributed by atoms with van der Waals surface area (Å²) in [6, 6.07) is 14.4. The molecule has 0 spiro atoms. The minimum atomic E-state index is -4.64. The first kappa shape index (κ1) is 23.1. The summed E-state index contributed by atoms with van der Waals surface area (Å²) in [4.78, 5) is -0.682. The minimum Gasteiger partial charge on any atom is -0.497 e. The highest BCUT2D eigenvalue weighted by Gasteiger charge is 2.24. The van der Waals surface area contributed by atoms with Gasteiger partial charge in [-0.25, -0.2) is 0 Å². The molecule has 0 aromatic heterocycles. The van der Waals surface area contributed by atoms with E-state index in [2.05, 4.69) is 5.32 Å². The van der Waals surface area contributed by atoms with Gasteiger partial charge in [0.2, 0.25) is 0 Å². The molecule has 4 rings (SSSR count). The fourth-order valence-electron chi connectivity index (χ4n) is 3.95. The first-order valence-electron chi connectivity index (χ1n) is 9.85. The Kier molecular flexibility index (Phi) is 6.12. The maximum absolute atomic E-state index is 12.4. The second-order valence-corrected chi connectivity index (χ2v) is 10.2. The predicted octanol–water partition coefficient (Wildman–Crippen LogP) is 3.63. The zero-order valence-electron chi connectivity index (χ0n) is 17.5. The summed E-state index contributed by atoms with van der Waals surface area (Å²) in [5.74, 6) is 0.229. The van der Waals surface area contributed by atoms with E-state index in [-0.39, 0.29) is 21.8 Å². The van der Waals surface area contributed by atoms with Crippen molar-refractivity contribution in [3.63, 3.8) is 0 Å². The van der Waals surface area contributed by atoms with E-state index < -0.39 is 25.1 Å². The molecule has 0 amide bonds. The van der Waals surface area contributed by atoms with Crippen molar-refractivity contribution in [1.29, 1.82) is 0 Å². The second kappa shape index (κ2) is 8.73. The van der Waals surface area contributed by atoms with E-state index in [0.717, 1.165) is 17.2 Å². The molecular formula is C23H21NO7S2. The monoisotopic (exact) mass is 487 g/mol. The van der Waals surface area contributed by atoms with E-state index in [1.165, 1.54) is 37.5 Å². The van der Waals surface area contributed by atoms with Crippen LogP contribution in [0.3, 0.4) is 0 Å². The van der Waals surface area contributed by atoms with Crippen molar-refractivity contribution in [2.45, 2.75) is 22.9 Å². The summed E-state index contributed by atoms with van der Waals surface area (Å²) in [5.41, 5.74) is 3.30. The number of benzene rings is 3. The molecule has 3 N–H and O–H groups in total. The highest BCUT2D eigenvalue weighted by atomic mass is 32.2. The molecular weight excluding hydrogens is 466 g/mol. The molecule has 0 radical (unpaired) electrons. The quantitative estimate of drug-likeness (QED) is 0.355. The van der Waals surface area contributed by atoms with Crippen LogP contribution in [0.1, 0.15) is 22.3 Å². The van der Waals surface area contributed by atoms with Crippen molar-refractivity contribution in [2.75, 3.05) is 7.11 Å². The van der Waals surface area contributed by atoms with Crippen LogP contribution in [-0.2, 0) is 33.3 Å². The van der Waals surface area contributed by atoms with Gasteiger partial charge in [0.05, 0.1) is 7.11 Å². The van der Waals surface area contributed by atoms with Gasteiger partial charge >= 0.3 is 0 Å². The molecule has 8 nitrogen and oxygen atoms in total. The summed E-state index contributed by atoms with van der Waals surface area (Å²) in [7, 11) is -7.86. The van der Waals surface area contributed by atoms with Gasteiger partial charge in [0.15, 0.2) is 0 Å².